The second kappa shape index (κ2) is 3.31. The van der Waals surface area contributed by atoms with E-state index in [1.165, 1.54) is 0 Å². The van der Waals surface area contributed by atoms with Crippen LogP contribution in [0.2, 0.25) is 0 Å². The van der Waals surface area contributed by atoms with Gasteiger partial charge in [0.05, 0.1) is 0 Å². The zero-order chi connectivity index (χ0) is 11.2. The number of aryl methyl sites for hydroxylation is 1. The Hall–Kier alpha value is -0.890. The van der Waals surface area contributed by atoms with Crippen LogP contribution in [0.3, 0.4) is 0 Å². The van der Waals surface area contributed by atoms with Gasteiger partial charge in [0.2, 0.25) is 0 Å². The van der Waals surface area contributed by atoms with Gasteiger partial charge in [-0.3, -0.25) is 0 Å². The molecule has 2 N–H and O–H groups in total. The van der Waals surface area contributed by atoms with Crippen molar-refractivity contribution >= 4 is 0 Å². The molecule has 82 valence electrons. The van der Waals surface area contributed by atoms with Crippen LogP contribution in [0.15, 0.2) is 12.1 Å². The molecular weight excluding hydrogens is 189 g/mol. The number of benzene rings is 1. The van der Waals surface area contributed by atoms with Gasteiger partial charge in [0.15, 0.2) is 0 Å². The van der Waals surface area contributed by atoms with E-state index in [1.54, 1.807) is 12.1 Å². The van der Waals surface area contributed by atoms with E-state index in [1.807, 2.05) is 6.92 Å². The fraction of sp³-hybridized carbons (Fsp3) is 0.538. The third kappa shape index (κ3) is 1.67. The smallest absolute Gasteiger partial charge is 0.123 e. The molecule has 1 aromatic carbocycles. The maximum absolute atomic E-state index is 13.4. The highest BCUT2D eigenvalue weighted by atomic mass is 19.1. The van der Waals surface area contributed by atoms with Crippen LogP contribution in [0, 0.1) is 12.7 Å². The molecule has 1 unspecified atom stereocenters. The largest absolute Gasteiger partial charge is 0.324 e. The summed E-state index contributed by atoms with van der Waals surface area (Å²) in [5.41, 5.74) is 9.40. The summed E-state index contributed by atoms with van der Waals surface area (Å²) in [6.45, 7) is 6.27. The molecule has 1 aromatic rings. The van der Waals surface area contributed by atoms with Crippen molar-refractivity contribution in [3.63, 3.8) is 0 Å². The first-order valence-electron chi connectivity index (χ1n) is 5.48. The van der Waals surface area contributed by atoms with Gasteiger partial charge >= 0.3 is 0 Å². The van der Waals surface area contributed by atoms with E-state index in [0.29, 0.717) is 0 Å². The van der Waals surface area contributed by atoms with Gasteiger partial charge in [-0.2, -0.15) is 0 Å². The van der Waals surface area contributed by atoms with Crippen molar-refractivity contribution < 1.29 is 4.39 Å². The summed E-state index contributed by atoms with van der Waals surface area (Å²) < 4.78 is 13.4. The summed E-state index contributed by atoms with van der Waals surface area (Å²) in [7, 11) is 0. The molecule has 0 bridgehead atoms. The Bertz CT molecular complexity index is 396. The maximum Gasteiger partial charge on any atom is 0.123 e. The predicted molar refractivity (Wildman–Crippen MR) is 60.3 cm³/mol. The predicted octanol–water partition coefficient (Wildman–Crippen LogP) is 3.21. The minimum atomic E-state index is -0.145. The van der Waals surface area contributed by atoms with E-state index in [0.717, 1.165) is 29.5 Å². The third-order valence-corrected chi connectivity index (χ3v) is 3.53. The van der Waals surface area contributed by atoms with Crippen LogP contribution >= 0.6 is 0 Å². The molecular formula is C13H18FN. The Balaban J connectivity index is 2.67. The Kier molecular flexibility index (Phi) is 2.34. The lowest BCUT2D eigenvalue weighted by molar-refractivity contribution is 0.392. The van der Waals surface area contributed by atoms with Crippen LogP contribution in [-0.2, 0) is 5.41 Å². The second-order valence-electron chi connectivity index (χ2n) is 5.21. The van der Waals surface area contributed by atoms with Crippen molar-refractivity contribution in [3.8, 4) is 0 Å². The molecule has 0 aliphatic heterocycles. The summed E-state index contributed by atoms with van der Waals surface area (Å²) in [5.74, 6) is -0.145. The van der Waals surface area contributed by atoms with Crippen molar-refractivity contribution in [3.05, 3.63) is 34.6 Å². The molecule has 2 rings (SSSR count). The molecule has 1 atom stereocenters. The summed E-state index contributed by atoms with van der Waals surface area (Å²) in [6, 6.07) is 3.31. The van der Waals surface area contributed by atoms with Crippen molar-refractivity contribution in [1.82, 2.24) is 0 Å². The first kappa shape index (κ1) is 10.6. The second-order valence-corrected chi connectivity index (χ2v) is 5.21. The van der Waals surface area contributed by atoms with Crippen LogP contribution < -0.4 is 5.73 Å². The summed E-state index contributed by atoms with van der Waals surface area (Å²) in [6.07, 6.45) is 2.02. The Morgan fingerprint density at radius 2 is 2.07 bits per heavy atom. The fourth-order valence-corrected chi connectivity index (χ4v) is 2.60. The Labute approximate surface area is 90.5 Å². The molecule has 0 aromatic heterocycles. The average Bonchev–Trinajstić information content (AvgIpc) is 2.11. The molecule has 1 aliphatic carbocycles. The number of rotatable bonds is 0. The molecule has 0 radical (unpaired) electrons. The van der Waals surface area contributed by atoms with Crippen LogP contribution in [0.25, 0.3) is 0 Å². The third-order valence-electron chi connectivity index (χ3n) is 3.53. The van der Waals surface area contributed by atoms with Gasteiger partial charge in [-0.15, -0.1) is 0 Å². The number of fused-ring (bicyclic) bond motifs is 1. The van der Waals surface area contributed by atoms with Gasteiger partial charge in [0.1, 0.15) is 5.82 Å². The quantitative estimate of drug-likeness (QED) is 0.694. The Morgan fingerprint density at radius 3 is 2.73 bits per heavy atom. The van der Waals surface area contributed by atoms with E-state index < -0.39 is 0 Å². The molecule has 0 heterocycles. The molecule has 1 aliphatic rings. The van der Waals surface area contributed by atoms with Crippen molar-refractivity contribution in [1.29, 1.82) is 0 Å². The number of hydrogen-bond donors (Lipinski definition) is 1. The fourth-order valence-electron chi connectivity index (χ4n) is 2.60. The monoisotopic (exact) mass is 207 g/mol. The average molecular weight is 207 g/mol. The first-order valence-corrected chi connectivity index (χ1v) is 5.48. The minimum Gasteiger partial charge on any atom is -0.324 e. The van der Waals surface area contributed by atoms with Crippen LogP contribution in [0.1, 0.15) is 49.4 Å². The minimum absolute atomic E-state index is 0.0536. The molecule has 0 saturated heterocycles. The highest BCUT2D eigenvalue weighted by Crippen LogP contribution is 2.42. The highest BCUT2D eigenvalue weighted by molar-refractivity contribution is 5.43. The van der Waals surface area contributed by atoms with Gasteiger partial charge < -0.3 is 5.73 Å². The van der Waals surface area contributed by atoms with Crippen molar-refractivity contribution in [2.24, 2.45) is 5.73 Å². The van der Waals surface area contributed by atoms with Gasteiger partial charge in [-0.1, -0.05) is 13.8 Å². The van der Waals surface area contributed by atoms with E-state index in [2.05, 4.69) is 13.8 Å². The Morgan fingerprint density at radius 1 is 1.40 bits per heavy atom. The number of nitrogens with two attached hydrogens (primary N) is 1. The van der Waals surface area contributed by atoms with E-state index in [4.69, 9.17) is 5.73 Å². The van der Waals surface area contributed by atoms with Gasteiger partial charge in [0.25, 0.3) is 0 Å². The van der Waals surface area contributed by atoms with E-state index >= 15 is 0 Å². The lowest BCUT2D eigenvalue weighted by Gasteiger charge is -2.36. The summed E-state index contributed by atoms with van der Waals surface area (Å²) in [5, 5.41) is 0. The van der Waals surface area contributed by atoms with Crippen LogP contribution in [0.4, 0.5) is 4.39 Å². The normalized spacial score (nSPS) is 23.7. The van der Waals surface area contributed by atoms with Gasteiger partial charge in [0, 0.05) is 6.04 Å². The van der Waals surface area contributed by atoms with Crippen molar-refractivity contribution in [2.45, 2.75) is 45.1 Å². The maximum atomic E-state index is 13.4. The SMILES string of the molecule is Cc1cc(F)cc2c1C(N)CCC2(C)C. The molecule has 0 saturated carbocycles. The zero-order valence-electron chi connectivity index (χ0n) is 9.60. The topological polar surface area (TPSA) is 26.0 Å². The van der Waals surface area contributed by atoms with Crippen LogP contribution in [0.5, 0.6) is 0 Å². The molecule has 0 amide bonds. The molecule has 1 nitrogen and oxygen atoms in total. The van der Waals surface area contributed by atoms with Crippen molar-refractivity contribution in [2.75, 3.05) is 0 Å². The molecule has 0 spiro atoms. The zero-order valence-corrected chi connectivity index (χ0v) is 9.60. The number of halogens is 1. The molecule has 2 heteroatoms. The van der Waals surface area contributed by atoms with Crippen LogP contribution in [-0.4, -0.2) is 0 Å². The summed E-state index contributed by atoms with van der Waals surface area (Å²) in [4.78, 5) is 0. The summed E-state index contributed by atoms with van der Waals surface area (Å²) >= 11 is 0. The molecule has 15 heavy (non-hydrogen) atoms. The van der Waals surface area contributed by atoms with E-state index in [-0.39, 0.29) is 17.3 Å². The van der Waals surface area contributed by atoms with Gasteiger partial charge in [-0.05, 0) is 54.0 Å². The standard InChI is InChI=1S/C13H18FN/c1-8-6-9(14)7-10-12(8)11(15)4-5-13(10,2)3/h6-7,11H,4-5,15H2,1-3H3. The molecule has 0 fully saturated rings. The highest BCUT2D eigenvalue weighted by Gasteiger charge is 2.32. The number of hydrogen-bond acceptors (Lipinski definition) is 1. The van der Waals surface area contributed by atoms with Gasteiger partial charge in [-0.25, -0.2) is 4.39 Å². The first-order chi connectivity index (χ1) is 6.92. The lowest BCUT2D eigenvalue weighted by atomic mass is 9.70. The lowest BCUT2D eigenvalue weighted by Crippen LogP contribution is -2.30. The van der Waals surface area contributed by atoms with E-state index in [9.17, 15) is 4.39 Å².